The molecule has 0 radical (unpaired) electrons. The molecule has 1 amide bonds. The second-order valence-corrected chi connectivity index (χ2v) is 3.30. The minimum atomic E-state index is -0.795. The van der Waals surface area contributed by atoms with Crippen LogP contribution in [0.5, 0.6) is 0 Å². The van der Waals surface area contributed by atoms with Crippen LogP contribution in [0.4, 0.5) is 5.69 Å². The monoisotopic (exact) mass is 222 g/mol. The van der Waals surface area contributed by atoms with Crippen molar-refractivity contribution in [2.75, 3.05) is 12.4 Å². The molecular weight excluding hydrogens is 208 g/mol. The molecule has 1 rings (SSSR count). The molecule has 0 aliphatic rings. The smallest absolute Gasteiger partial charge is 0.327 e. The number of anilines is 1. The highest BCUT2D eigenvalue weighted by Crippen LogP contribution is 2.15. The fourth-order valence-electron chi connectivity index (χ4n) is 1.24. The molecule has 5 nitrogen and oxygen atoms in total. The van der Waals surface area contributed by atoms with Gasteiger partial charge in [-0.05, 0) is 17.7 Å². The van der Waals surface area contributed by atoms with Crippen LogP contribution in [-0.4, -0.2) is 19.0 Å². The Bertz CT molecular complexity index is 387. The summed E-state index contributed by atoms with van der Waals surface area (Å²) in [5.74, 6) is -0.641. The topological polar surface area (TPSA) is 81.4 Å². The van der Waals surface area contributed by atoms with E-state index in [1.54, 1.807) is 24.3 Å². The number of rotatable bonds is 3. The number of esters is 1. The third kappa shape index (κ3) is 3.06. The van der Waals surface area contributed by atoms with Crippen molar-refractivity contribution >= 4 is 17.6 Å². The zero-order chi connectivity index (χ0) is 12.1. The minimum Gasteiger partial charge on any atom is -0.468 e. The summed E-state index contributed by atoms with van der Waals surface area (Å²) in [7, 11) is 1.29. The van der Waals surface area contributed by atoms with Gasteiger partial charge in [0.05, 0.1) is 7.11 Å². The minimum absolute atomic E-state index is 0.148. The van der Waals surface area contributed by atoms with Gasteiger partial charge in [0.15, 0.2) is 0 Å². The summed E-state index contributed by atoms with van der Waals surface area (Å²) >= 11 is 0. The first-order chi connectivity index (χ1) is 7.54. The third-order valence-corrected chi connectivity index (χ3v) is 2.05. The average molecular weight is 222 g/mol. The molecular formula is C11H14N2O3. The maximum absolute atomic E-state index is 11.2. The summed E-state index contributed by atoms with van der Waals surface area (Å²) < 4.78 is 4.53. The van der Waals surface area contributed by atoms with Gasteiger partial charge in [-0.2, -0.15) is 0 Å². The van der Waals surface area contributed by atoms with Gasteiger partial charge in [-0.15, -0.1) is 0 Å². The Morgan fingerprint density at radius 3 is 2.31 bits per heavy atom. The molecule has 0 unspecified atom stereocenters. The van der Waals surface area contributed by atoms with Gasteiger partial charge in [-0.3, -0.25) is 9.59 Å². The van der Waals surface area contributed by atoms with Crippen LogP contribution < -0.4 is 11.1 Å². The molecule has 1 aromatic carbocycles. The van der Waals surface area contributed by atoms with Crippen molar-refractivity contribution in [1.29, 1.82) is 0 Å². The Kier molecular flexibility index (Phi) is 4.02. The van der Waals surface area contributed by atoms with Crippen LogP contribution in [-0.2, 0) is 14.3 Å². The molecule has 0 spiro atoms. The standard InChI is InChI=1S/C11H14N2O3/c1-7(14)13-9-5-3-8(4-6-9)10(12)11(15)16-2/h3-6,10H,12H2,1-2H3,(H,13,14)/t10-/m1/s1. The van der Waals surface area contributed by atoms with E-state index in [1.165, 1.54) is 14.0 Å². The predicted octanol–water partition coefficient (Wildman–Crippen LogP) is 0.818. The third-order valence-electron chi connectivity index (χ3n) is 2.05. The van der Waals surface area contributed by atoms with E-state index in [9.17, 15) is 9.59 Å². The van der Waals surface area contributed by atoms with E-state index in [0.29, 0.717) is 11.3 Å². The first kappa shape index (κ1) is 12.2. The van der Waals surface area contributed by atoms with Crippen molar-refractivity contribution < 1.29 is 14.3 Å². The second kappa shape index (κ2) is 5.27. The molecule has 5 heteroatoms. The first-order valence-corrected chi connectivity index (χ1v) is 4.75. The molecule has 0 heterocycles. The van der Waals surface area contributed by atoms with Crippen LogP contribution in [0.15, 0.2) is 24.3 Å². The Morgan fingerprint density at radius 2 is 1.88 bits per heavy atom. The van der Waals surface area contributed by atoms with Crippen LogP contribution >= 0.6 is 0 Å². The van der Waals surface area contributed by atoms with E-state index in [-0.39, 0.29) is 5.91 Å². The van der Waals surface area contributed by atoms with E-state index in [4.69, 9.17) is 5.73 Å². The summed E-state index contributed by atoms with van der Waals surface area (Å²) in [5.41, 5.74) is 6.94. The number of ether oxygens (including phenoxy) is 1. The molecule has 3 N–H and O–H groups in total. The fourth-order valence-corrected chi connectivity index (χ4v) is 1.24. The van der Waals surface area contributed by atoms with Crippen LogP contribution in [0.1, 0.15) is 18.5 Å². The van der Waals surface area contributed by atoms with Gasteiger partial charge in [-0.25, -0.2) is 0 Å². The Labute approximate surface area is 93.6 Å². The van der Waals surface area contributed by atoms with Crippen molar-refractivity contribution in [3.63, 3.8) is 0 Å². The molecule has 16 heavy (non-hydrogen) atoms. The quantitative estimate of drug-likeness (QED) is 0.742. The molecule has 0 saturated carbocycles. The summed E-state index contributed by atoms with van der Waals surface area (Å²) in [4.78, 5) is 21.9. The van der Waals surface area contributed by atoms with E-state index >= 15 is 0 Å². The summed E-state index contributed by atoms with van der Waals surface area (Å²) in [6, 6.07) is 5.91. The van der Waals surface area contributed by atoms with Gasteiger partial charge in [-0.1, -0.05) is 12.1 Å². The van der Waals surface area contributed by atoms with Crippen molar-refractivity contribution in [2.45, 2.75) is 13.0 Å². The fraction of sp³-hybridized carbons (Fsp3) is 0.273. The zero-order valence-corrected chi connectivity index (χ0v) is 9.19. The molecule has 0 aliphatic carbocycles. The molecule has 86 valence electrons. The largest absolute Gasteiger partial charge is 0.468 e. The molecule has 0 aromatic heterocycles. The predicted molar refractivity (Wildman–Crippen MR) is 59.7 cm³/mol. The van der Waals surface area contributed by atoms with Gasteiger partial charge in [0, 0.05) is 12.6 Å². The number of nitrogens with one attached hydrogen (secondary N) is 1. The maximum atomic E-state index is 11.2. The highest BCUT2D eigenvalue weighted by molar-refractivity contribution is 5.88. The van der Waals surface area contributed by atoms with E-state index in [1.807, 2.05) is 0 Å². The average Bonchev–Trinajstić information content (AvgIpc) is 2.27. The molecule has 1 atom stereocenters. The van der Waals surface area contributed by atoms with Gasteiger partial charge < -0.3 is 15.8 Å². The van der Waals surface area contributed by atoms with Crippen LogP contribution in [0.2, 0.25) is 0 Å². The lowest BCUT2D eigenvalue weighted by atomic mass is 10.1. The van der Waals surface area contributed by atoms with Crippen LogP contribution in [0.3, 0.4) is 0 Å². The highest BCUT2D eigenvalue weighted by Gasteiger charge is 2.15. The molecule has 0 aliphatic heterocycles. The lowest BCUT2D eigenvalue weighted by Gasteiger charge is -2.10. The summed E-state index contributed by atoms with van der Waals surface area (Å²) in [5, 5.41) is 2.62. The number of benzene rings is 1. The molecule has 0 bridgehead atoms. The van der Waals surface area contributed by atoms with Gasteiger partial charge in [0.25, 0.3) is 0 Å². The summed E-state index contributed by atoms with van der Waals surface area (Å²) in [6.45, 7) is 1.42. The number of methoxy groups -OCH3 is 1. The van der Waals surface area contributed by atoms with Crippen LogP contribution in [0, 0.1) is 0 Å². The normalized spacial score (nSPS) is 11.7. The molecule has 0 saturated heterocycles. The van der Waals surface area contributed by atoms with E-state index in [0.717, 1.165) is 0 Å². The van der Waals surface area contributed by atoms with Gasteiger partial charge in [0.2, 0.25) is 5.91 Å². The molecule has 1 aromatic rings. The van der Waals surface area contributed by atoms with Crippen molar-refractivity contribution in [1.82, 2.24) is 0 Å². The lowest BCUT2D eigenvalue weighted by molar-refractivity contribution is -0.142. The van der Waals surface area contributed by atoms with Gasteiger partial charge >= 0.3 is 5.97 Å². The number of hydrogen-bond donors (Lipinski definition) is 2. The number of nitrogens with two attached hydrogens (primary N) is 1. The second-order valence-electron chi connectivity index (χ2n) is 3.30. The van der Waals surface area contributed by atoms with E-state index < -0.39 is 12.0 Å². The Hall–Kier alpha value is -1.88. The van der Waals surface area contributed by atoms with Crippen LogP contribution in [0.25, 0.3) is 0 Å². The number of amides is 1. The zero-order valence-electron chi connectivity index (χ0n) is 9.19. The van der Waals surface area contributed by atoms with Crippen molar-refractivity contribution in [3.8, 4) is 0 Å². The first-order valence-electron chi connectivity index (χ1n) is 4.75. The van der Waals surface area contributed by atoms with Gasteiger partial charge in [0.1, 0.15) is 6.04 Å². The summed E-state index contributed by atoms with van der Waals surface area (Å²) in [6.07, 6.45) is 0. The highest BCUT2D eigenvalue weighted by atomic mass is 16.5. The van der Waals surface area contributed by atoms with Crippen molar-refractivity contribution in [3.05, 3.63) is 29.8 Å². The van der Waals surface area contributed by atoms with E-state index in [2.05, 4.69) is 10.1 Å². The Balaban J connectivity index is 2.78. The number of carbonyl (C=O) groups is 2. The number of carbonyl (C=O) groups excluding carboxylic acids is 2. The molecule has 0 fully saturated rings. The lowest BCUT2D eigenvalue weighted by Crippen LogP contribution is -2.22. The SMILES string of the molecule is COC(=O)[C@H](N)c1ccc(NC(C)=O)cc1. The Morgan fingerprint density at radius 1 is 1.31 bits per heavy atom. The maximum Gasteiger partial charge on any atom is 0.327 e. The number of hydrogen-bond acceptors (Lipinski definition) is 4. The van der Waals surface area contributed by atoms with Crippen molar-refractivity contribution in [2.24, 2.45) is 5.73 Å².